The fraction of sp³-hybridized carbons (Fsp3) is 0.100. The van der Waals surface area contributed by atoms with Gasteiger partial charge in [0.2, 0.25) is 0 Å². The van der Waals surface area contributed by atoms with E-state index in [1.165, 1.54) is 13.2 Å². The Kier molecular flexibility index (Phi) is 9.18. The lowest BCUT2D eigenvalue weighted by Gasteiger charge is -2.07. The zero-order valence-electron chi connectivity index (χ0n) is 15.2. The molecule has 2 N–H and O–H groups in total. The van der Waals surface area contributed by atoms with Crippen LogP contribution < -0.4 is 9.47 Å². The minimum atomic E-state index is -1.26. The van der Waals surface area contributed by atoms with E-state index >= 15 is 0 Å². The molecule has 2 aromatic rings. The smallest absolute Gasteiger partial charge is 0.328 e. The predicted octanol–water partition coefficient (Wildman–Crippen LogP) is 2.71. The zero-order valence-corrected chi connectivity index (χ0v) is 15.2. The topological polar surface area (TPSA) is 123 Å². The van der Waals surface area contributed by atoms with Gasteiger partial charge >= 0.3 is 11.9 Å². The summed E-state index contributed by atoms with van der Waals surface area (Å²) in [5.74, 6) is -1.49. The molecule has 0 aliphatic carbocycles. The number of carboxylic acid groups (broad SMARTS) is 2. The number of pyridine rings is 1. The quantitative estimate of drug-likeness (QED) is 0.551. The Morgan fingerprint density at radius 2 is 1.50 bits per heavy atom. The van der Waals surface area contributed by atoms with Crippen molar-refractivity contribution in [2.24, 2.45) is 0 Å². The Morgan fingerprint density at radius 3 is 2.00 bits per heavy atom. The van der Waals surface area contributed by atoms with Gasteiger partial charge in [0.1, 0.15) is 11.5 Å². The van der Waals surface area contributed by atoms with E-state index in [4.69, 9.17) is 19.7 Å². The second kappa shape index (κ2) is 11.6. The number of carbonyl (C=O) groups excluding carboxylic acids is 1. The third-order valence-electron chi connectivity index (χ3n) is 3.18. The lowest BCUT2D eigenvalue weighted by atomic mass is 10.1. The van der Waals surface area contributed by atoms with Crippen molar-refractivity contribution in [1.29, 1.82) is 0 Å². The molecule has 0 atom stereocenters. The van der Waals surface area contributed by atoms with Crippen molar-refractivity contribution >= 4 is 23.8 Å². The van der Waals surface area contributed by atoms with Crippen LogP contribution >= 0.6 is 0 Å². The summed E-state index contributed by atoms with van der Waals surface area (Å²) >= 11 is 0. The largest absolute Gasteiger partial charge is 0.497 e. The van der Waals surface area contributed by atoms with Crippen LogP contribution in [0.1, 0.15) is 15.9 Å². The van der Waals surface area contributed by atoms with Crippen molar-refractivity contribution in [3.63, 3.8) is 0 Å². The molecule has 0 saturated heterocycles. The first-order valence-electron chi connectivity index (χ1n) is 7.85. The Balaban J connectivity index is 0.000000416. The normalized spacial score (nSPS) is 10.2. The fourth-order valence-corrected chi connectivity index (χ4v) is 1.88. The molecule has 146 valence electrons. The number of ether oxygens (including phenoxy) is 2. The molecule has 0 amide bonds. The van der Waals surface area contributed by atoms with Gasteiger partial charge in [-0.2, -0.15) is 0 Å². The van der Waals surface area contributed by atoms with Crippen LogP contribution in [0, 0.1) is 0 Å². The second-order valence-electron chi connectivity index (χ2n) is 5.05. The first-order valence-corrected chi connectivity index (χ1v) is 7.85. The van der Waals surface area contributed by atoms with E-state index < -0.39 is 11.9 Å². The number of methoxy groups -OCH3 is 2. The first kappa shape index (κ1) is 22.1. The summed E-state index contributed by atoms with van der Waals surface area (Å²) in [6.45, 7) is 0. The third-order valence-corrected chi connectivity index (χ3v) is 3.18. The summed E-state index contributed by atoms with van der Waals surface area (Å²) in [6.07, 6.45) is 7.73. The van der Waals surface area contributed by atoms with Gasteiger partial charge < -0.3 is 19.7 Å². The monoisotopic (exact) mass is 385 g/mol. The third kappa shape index (κ3) is 7.96. The van der Waals surface area contributed by atoms with Gasteiger partial charge in [0.05, 0.1) is 19.8 Å². The van der Waals surface area contributed by atoms with Gasteiger partial charge in [0.25, 0.3) is 0 Å². The molecule has 28 heavy (non-hydrogen) atoms. The molecule has 0 unspecified atom stereocenters. The molecule has 0 aliphatic heterocycles. The van der Waals surface area contributed by atoms with Crippen molar-refractivity contribution in [2.45, 2.75) is 0 Å². The molecule has 0 bridgehead atoms. The average Bonchev–Trinajstić information content (AvgIpc) is 2.71. The highest BCUT2D eigenvalue weighted by Gasteiger charge is 2.10. The van der Waals surface area contributed by atoms with Gasteiger partial charge in [-0.05, 0) is 35.9 Å². The minimum Gasteiger partial charge on any atom is -0.497 e. The van der Waals surface area contributed by atoms with Crippen molar-refractivity contribution in [1.82, 2.24) is 4.98 Å². The van der Waals surface area contributed by atoms with E-state index in [1.54, 1.807) is 43.8 Å². The maximum absolute atomic E-state index is 12.2. The van der Waals surface area contributed by atoms with Gasteiger partial charge in [0, 0.05) is 30.6 Å². The summed E-state index contributed by atoms with van der Waals surface area (Å²) in [7, 11) is 3.09. The maximum Gasteiger partial charge on any atom is 0.328 e. The number of allylic oxidation sites excluding steroid dienone is 1. The van der Waals surface area contributed by atoms with E-state index in [2.05, 4.69) is 4.98 Å². The molecule has 1 heterocycles. The van der Waals surface area contributed by atoms with Gasteiger partial charge in [-0.15, -0.1) is 0 Å². The van der Waals surface area contributed by atoms with E-state index in [9.17, 15) is 14.4 Å². The van der Waals surface area contributed by atoms with Crippen LogP contribution in [0.25, 0.3) is 6.08 Å². The average molecular weight is 385 g/mol. The minimum absolute atomic E-state index is 0.124. The van der Waals surface area contributed by atoms with Crippen LogP contribution in [-0.4, -0.2) is 47.1 Å². The van der Waals surface area contributed by atoms with E-state index in [1.807, 2.05) is 12.1 Å². The number of rotatable bonds is 7. The molecule has 0 spiro atoms. The van der Waals surface area contributed by atoms with Crippen molar-refractivity contribution < 1.29 is 34.1 Å². The number of ketones is 1. The van der Waals surface area contributed by atoms with Crippen LogP contribution in [0.4, 0.5) is 0 Å². The molecule has 1 aromatic heterocycles. The summed E-state index contributed by atoms with van der Waals surface area (Å²) in [5.41, 5.74) is 1.42. The zero-order chi connectivity index (χ0) is 20.9. The molecule has 0 fully saturated rings. The Labute approximate surface area is 161 Å². The molecule has 8 heteroatoms. The van der Waals surface area contributed by atoms with Crippen molar-refractivity contribution in [2.75, 3.05) is 14.2 Å². The first-order chi connectivity index (χ1) is 13.4. The van der Waals surface area contributed by atoms with Crippen LogP contribution in [0.5, 0.6) is 11.5 Å². The van der Waals surface area contributed by atoms with E-state index in [0.29, 0.717) is 29.2 Å². The number of nitrogens with zero attached hydrogens (tertiary/aromatic N) is 1. The number of carbonyl (C=O) groups is 3. The molecule has 0 saturated carbocycles. The summed E-state index contributed by atoms with van der Waals surface area (Å²) in [5, 5.41) is 15.6. The standard InChI is InChI=1S/C16H15NO3.C4H4O4/c1-19-13-4-5-14(16(11-13)20-2)15(18)6-3-12-7-9-17-10-8-12;5-3(6)1-2-4(7)8/h3-11H,1-2H3;1-2H,(H,5,6)(H,7,8)/b6-3+;2-1-. The molecular formula is C20H19NO7. The molecule has 8 nitrogen and oxygen atoms in total. The van der Waals surface area contributed by atoms with Crippen LogP contribution in [0.3, 0.4) is 0 Å². The Bertz CT molecular complexity index is 857. The number of aliphatic carboxylic acids is 2. The number of aromatic nitrogens is 1. The van der Waals surface area contributed by atoms with Gasteiger partial charge in [-0.3, -0.25) is 9.78 Å². The van der Waals surface area contributed by atoms with Gasteiger partial charge in [0.15, 0.2) is 5.78 Å². The summed E-state index contributed by atoms with van der Waals surface area (Å²) in [4.78, 5) is 35.2. The number of hydrogen-bond donors (Lipinski definition) is 2. The highest BCUT2D eigenvalue weighted by molar-refractivity contribution is 6.08. The SMILES string of the molecule is COc1ccc(C(=O)/C=C/c2ccncc2)c(OC)c1.O=C(O)/C=C\C(=O)O. The molecule has 1 aromatic carbocycles. The Hall–Kier alpha value is -3.94. The van der Waals surface area contributed by atoms with Crippen molar-refractivity contribution in [3.05, 3.63) is 72.1 Å². The van der Waals surface area contributed by atoms with Crippen molar-refractivity contribution in [3.8, 4) is 11.5 Å². The number of benzene rings is 1. The highest BCUT2D eigenvalue weighted by atomic mass is 16.5. The summed E-state index contributed by atoms with van der Waals surface area (Å²) < 4.78 is 10.3. The molecule has 0 radical (unpaired) electrons. The summed E-state index contributed by atoms with van der Waals surface area (Å²) in [6, 6.07) is 8.77. The Morgan fingerprint density at radius 1 is 0.893 bits per heavy atom. The van der Waals surface area contributed by atoms with Gasteiger partial charge in [-0.1, -0.05) is 6.08 Å². The lowest BCUT2D eigenvalue weighted by Crippen LogP contribution is -1.99. The molecule has 0 aliphatic rings. The van der Waals surface area contributed by atoms with Crippen LogP contribution in [0.2, 0.25) is 0 Å². The van der Waals surface area contributed by atoms with Gasteiger partial charge in [-0.25, -0.2) is 9.59 Å². The van der Waals surface area contributed by atoms with Crippen LogP contribution in [-0.2, 0) is 9.59 Å². The maximum atomic E-state index is 12.2. The lowest BCUT2D eigenvalue weighted by molar-refractivity contribution is -0.134. The number of carboxylic acids is 2. The number of hydrogen-bond acceptors (Lipinski definition) is 6. The second-order valence-corrected chi connectivity index (χ2v) is 5.05. The predicted molar refractivity (Wildman–Crippen MR) is 102 cm³/mol. The molecule has 2 rings (SSSR count). The fourth-order valence-electron chi connectivity index (χ4n) is 1.88. The highest BCUT2D eigenvalue weighted by Crippen LogP contribution is 2.25. The van der Waals surface area contributed by atoms with Crippen LogP contribution in [0.15, 0.2) is 61.0 Å². The molecular weight excluding hydrogens is 366 g/mol. The van der Waals surface area contributed by atoms with E-state index in [0.717, 1.165) is 5.56 Å². The van der Waals surface area contributed by atoms with E-state index in [-0.39, 0.29) is 5.78 Å².